The highest BCUT2D eigenvalue weighted by molar-refractivity contribution is 6.06. The molecule has 166 valence electrons. The van der Waals surface area contributed by atoms with E-state index in [4.69, 9.17) is 0 Å². The molecule has 0 saturated carbocycles. The highest BCUT2D eigenvalue weighted by Gasteiger charge is 2.22. The van der Waals surface area contributed by atoms with Crippen LogP contribution in [0, 0.1) is 30.9 Å². The minimum Gasteiger partial charge on any atom is -0.322 e. The Morgan fingerprint density at radius 2 is 1.73 bits per heavy atom. The van der Waals surface area contributed by atoms with Crippen molar-refractivity contribution in [3.05, 3.63) is 115 Å². The SMILES string of the molecule is Cc1ccc2cc(CN(C(=O)c3ccc([N+](=O)[O-])cc3)c3cccc(C)c3C)c(=O)[nH]c2c1. The van der Waals surface area contributed by atoms with Crippen molar-refractivity contribution in [1.82, 2.24) is 4.98 Å². The van der Waals surface area contributed by atoms with Crippen LogP contribution >= 0.6 is 0 Å². The van der Waals surface area contributed by atoms with E-state index in [2.05, 4.69) is 4.98 Å². The number of pyridine rings is 1. The Labute approximate surface area is 190 Å². The molecule has 1 amide bonds. The summed E-state index contributed by atoms with van der Waals surface area (Å²) in [5.41, 5.74) is 4.78. The van der Waals surface area contributed by atoms with E-state index in [9.17, 15) is 19.7 Å². The van der Waals surface area contributed by atoms with Crippen LogP contribution in [0.1, 0.15) is 32.6 Å². The van der Waals surface area contributed by atoms with Gasteiger partial charge in [0.1, 0.15) is 0 Å². The lowest BCUT2D eigenvalue weighted by Gasteiger charge is -2.25. The largest absolute Gasteiger partial charge is 0.322 e. The number of aromatic amines is 1. The van der Waals surface area contributed by atoms with Crippen molar-refractivity contribution >= 4 is 28.2 Å². The number of non-ortho nitro benzene ring substituents is 1. The van der Waals surface area contributed by atoms with Crippen molar-refractivity contribution in [2.24, 2.45) is 0 Å². The summed E-state index contributed by atoms with van der Waals surface area (Å²) >= 11 is 0. The van der Waals surface area contributed by atoms with Crippen molar-refractivity contribution in [1.29, 1.82) is 0 Å². The van der Waals surface area contributed by atoms with Gasteiger partial charge in [0.2, 0.25) is 0 Å². The van der Waals surface area contributed by atoms with Crippen LogP contribution in [0.2, 0.25) is 0 Å². The zero-order chi connectivity index (χ0) is 23.7. The fourth-order valence-corrected chi connectivity index (χ4v) is 3.82. The van der Waals surface area contributed by atoms with E-state index in [1.807, 2.05) is 57.2 Å². The summed E-state index contributed by atoms with van der Waals surface area (Å²) in [5.74, 6) is -0.345. The van der Waals surface area contributed by atoms with E-state index in [0.717, 1.165) is 27.6 Å². The number of hydrogen-bond donors (Lipinski definition) is 1. The molecule has 0 radical (unpaired) electrons. The van der Waals surface area contributed by atoms with Gasteiger partial charge >= 0.3 is 0 Å². The quantitative estimate of drug-likeness (QED) is 0.340. The lowest BCUT2D eigenvalue weighted by atomic mass is 10.0. The summed E-state index contributed by atoms with van der Waals surface area (Å²) in [6.07, 6.45) is 0. The van der Waals surface area contributed by atoms with Crippen LogP contribution in [0.15, 0.2) is 71.5 Å². The number of nitro benzene ring substituents is 1. The van der Waals surface area contributed by atoms with E-state index >= 15 is 0 Å². The third kappa shape index (κ3) is 4.39. The Bertz CT molecular complexity index is 1440. The van der Waals surface area contributed by atoms with Gasteiger partial charge in [0.15, 0.2) is 0 Å². The number of anilines is 1. The molecule has 0 aliphatic heterocycles. The predicted molar refractivity (Wildman–Crippen MR) is 129 cm³/mol. The number of aromatic nitrogens is 1. The minimum atomic E-state index is -0.507. The Kier molecular flexibility index (Phi) is 5.79. The molecule has 7 nitrogen and oxygen atoms in total. The van der Waals surface area contributed by atoms with E-state index in [-0.39, 0.29) is 23.7 Å². The number of carbonyl (C=O) groups excluding carboxylic acids is 1. The summed E-state index contributed by atoms with van der Waals surface area (Å²) in [7, 11) is 0. The average molecular weight is 441 g/mol. The molecule has 3 aromatic carbocycles. The summed E-state index contributed by atoms with van der Waals surface area (Å²) in [4.78, 5) is 41.4. The van der Waals surface area contributed by atoms with Gasteiger partial charge in [-0.15, -0.1) is 0 Å². The number of benzene rings is 3. The van der Waals surface area contributed by atoms with Gasteiger partial charge in [-0.2, -0.15) is 0 Å². The number of H-pyrrole nitrogens is 1. The van der Waals surface area contributed by atoms with Crippen molar-refractivity contribution in [3.63, 3.8) is 0 Å². The van der Waals surface area contributed by atoms with Crippen LogP contribution in [0.5, 0.6) is 0 Å². The monoisotopic (exact) mass is 441 g/mol. The maximum absolute atomic E-state index is 13.6. The van der Waals surface area contributed by atoms with Gasteiger partial charge in [0, 0.05) is 34.5 Å². The highest BCUT2D eigenvalue weighted by atomic mass is 16.6. The van der Waals surface area contributed by atoms with Gasteiger partial charge in [0.05, 0.1) is 11.5 Å². The maximum atomic E-state index is 13.6. The van der Waals surface area contributed by atoms with Crippen molar-refractivity contribution in [2.45, 2.75) is 27.3 Å². The number of hydrogen-bond acceptors (Lipinski definition) is 4. The van der Waals surface area contributed by atoms with Crippen LogP contribution in [-0.2, 0) is 6.54 Å². The van der Waals surface area contributed by atoms with Gasteiger partial charge < -0.3 is 9.88 Å². The fraction of sp³-hybridized carbons (Fsp3) is 0.154. The lowest BCUT2D eigenvalue weighted by Crippen LogP contribution is -2.33. The zero-order valence-electron chi connectivity index (χ0n) is 18.6. The predicted octanol–water partition coefficient (Wildman–Crippen LogP) is 5.21. The fourth-order valence-electron chi connectivity index (χ4n) is 3.82. The molecule has 0 bridgehead atoms. The second kappa shape index (κ2) is 8.70. The first-order valence-corrected chi connectivity index (χ1v) is 10.5. The molecule has 0 fully saturated rings. The molecule has 1 heterocycles. The third-order valence-corrected chi connectivity index (χ3v) is 5.84. The van der Waals surface area contributed by atoms with Crippen molar-refractivity contribution in [2.75, 3.05) is 4.90 Å². The molecule has 0 unspecified atom stereocenters. The molecule has 4 aromatic rings. The maximum Gasteiger partial charge on any atom is 0.269 e. The topological polar surface area (TPSA) is 96.3 Å². The first-order chi connectivity index (χ1) is 15.7. The highest BCUT2D eigenvalue weighted by Crippen LogP contribution is 2.27. The third-order valence-electron chi connectivity index (χ3n) is 5.84. The van der Waals surface area contributed by atoms with Crippen molar-refractivity contribution < 1.29 is 9.72 Å². The summed E-state index contributed by atoms with van der Waals surface area (Å²) < 4.78 is 0. The molecule has 0 aliphatic carbocycles. The van der Waals surface area contributed by atoms with E-state index < -0.39 is 4.92 Å². The molecule has 0 saturated heterocycles. The van der Waals surface area contributed by atoms with E-state index in [1.165, 1.54) is 24.3 Å². The first-order valence-electron chi connectivity index (χ1n) is 10.5. The Balaban J connectivity index is 1.80. The number of amides is 1. The number of nitro groups is 1. The number of nitrogens with zero attached hydrogens (tertiary/aromatic N) is 2. The summed E-state index contributed by atoms with van der Waals surface area (Å²) in [6, 6.07) is 18.8. The lowest BCUT2D eigenvalue weighted by molar-refractivity contribution is -0.384. The van der Waals surface area contributed by atoms with Crippen LogP contribution in [0.3, 0.4) is 0 Å². The smallest absolute Gasteiger partial charge is 0.269 e. The van der Waals surface area contributed by atoms with Gasteiger partial charge in [-0.05, 0) is 73.2 Å². The molecule has 33 heavy (non-hydrogen) atoms. The van der Waals surface area contributed by atoms with Gasteiger partial charge in [-0.1, -0.05) is 24.3 Å². The number of nitrogens with one attached hydrogen (secondary N) is 1. The van der Waals surface area contributed by atoms with Gasteiger partial charge in [-0.25, -0.2) is 0 Å². The second-order valence-electron chi connectivity index (χ2n) is 8.13. The van der Waals surface area contributed by atoms with Crippen LogP contribution in [0.25, 0.3) is 10.9 Å². The number of rotatable bonds is 5. The van der Waals surface area contributed by atoms with Crippen LogP contribution in [-0.4, -0.2) is 15.8 Å². The standard InChI is InChI=1S/C26H23N3O4/c1-16-7-8-20-14-21(25(30)27-23(20)13-16)15-28(24-6-4-5-17(2)18(24)3)26(31)19-9-11-22(12-10-19)29(32)33/h4-14H,15H2,1-3H3,(H,27,30). The molecule has 0 spiro atoms. The first kappa shape index (κ1) is 22.0. The molecular formula is C26H23N3O4. The number of carbonyl (C=O) groups is 1. The second-order valence-corrected chi connectivity index (χ2v) is 8.13. The molecule has 1 N–H and O–H groups in total. The zero-order valence-corrected chi connectivity index (χ0v) is 18.6. The van der Waals surface area contributed by atoms with Crippen LogP contribution < -0.4 is 10.5 Å². The van der Waals surface area contributed by atoms with E-state index in [1.54, 1.807) is 11.0 Å². The van der Waals surface area contributed by atoms with Gasteiger partial charge in [0.25, 0.3) is 17.2 Å². The molecule has 4 rings (SSSR count). The molecule has 0 atom stereocenters. The van der Waals surface area contributed by atoms with Crippen LogP contribution in [0.4, 0.5) is 11.4 Å². The molecule has 1 aromatic heterocycles. The minimum absolute atomic E-state index is 0.0548. The normalized spacial score (nSPS) is 10.9. The number of fused-ring (bicyclic) bond motifs is 1. The van der Waals surface area contributed by atoms with Gasteiger partial charge in [-0.3, -0.25) is 19.7 Å². The Morgan fingerprint density at radius 3 is 2.42 bits per heavy atom. The van der Waals surface area contributed by atoms with E-state index in [0.29, 0.717) is 16.8 Å². The number of aryl methyl sites for hydroxylation is 2. The molecular weight excluding hydrogens is 418 g/mol. The Morgan fingerprint density at radius 1 is 1.00 bits per heavy atom. The Hall–Kier alpha value is -4.26. The van der Waals surface area contributed by atoms with Crippen molar-refractivity contribution in [3.8, 4) is 0 Å². The average Bonchev–Trinajstić information content (AvgIpc) is 2.79. The summed E-state index contributed by atoms with van der Waals surface area (Å²) in [6.45, 7) is 5.89. The summed E-state index contributed by atoms with van der Waals surface area (Å²) in [5, 5.41) is 11.9. The molecule has 0 aliphatic rings. The molecule has 7 heteroatoms.